The summed E-state index contributed by atoms with van der Waals surface area (Å²) in [4.78, 5) is 11.2. The number of carboxylic acids is 1. The average Bonchev–Trinajstić information content (AvgIpc) is 2.94. The van der Waals surface area contributed by atoms with Gasteiger partial charge in [0.2, 0.25) is 0 Å². The van der Waals surface area contributed by atoms with Crippen molar-refractivity contribution in [3.8, 4) is 0 Å². The first-order valence-electron chi connectivity index (χ1n) is 4.71. The van der Waals surface area contributed by atoms with Gasteiger partial charge in [-0.15, -0.1) is 0 Å². The third kappa shape index (κ3) is 1.52. The highest BCUT2D eigenvalue weighted by Crippen LogP contribution is 2.54. The van der Waals surface area contributed by atoms with Crippen LogP contribution < -0.4 is 0 Å². The van der Waals surface area contributed by atoms with Crippen molar-refractivity contribution < 1.29 is 15.0 Å². The summed E-state index contributed by atoms with van der Waals surface area (Å²) in [7, 11) is 0. The zero-order valence-corrected chi connectivity index (χ0v) is 8.74. The molecule has 0 radical (unpaired) electrons. The van der Waals surface area contributed by atoms with Crippen LogP contribution in [0, 0.1) is 5.92 Å². The number of aliphatic hydroxyl groups is 1. The Labute approximate surface area is 92.3 Å². The Kier molecular flexibility index (Phi) is 2.44. The molecule has 0 bridgehead atoms. The van der Waals surface area contributed by atoms with E-state index < -0.39 is 11.4 Å². The maximum absolute atomic E-state index is 11.2. The van der Waals surface area contributed by atoms with E-state index in [0.717, 1.165) is 5.56 Å². The molecule has 15 heavy (non-hydrogen) atoms. The first-order valence-corrected chi connectivity index (χ1v) is 5.09. The van der Waals surface area contributed by atoms with Gasteiger partial charge in [0.05, 0.1) is 5.41 Å². The lowest BCUT2D eigenvalue weighted by Gasteiger charge is -2.11. The third-order valence-corrected chi connectivity index (χ3v) is 3.32. The smallest absolute Gasteiger partial charge is 0.314 e. The Bertz CT molecular complexity index is 387. The van der Waals surface area contributed by atoms with E-state index in [4.69, 9.17) is 16.7 Å². The van der Waals surface area contributed by atoms with E-state index in [1.807, 2.05) is 0 Å². The molecule has 0 amide bonds. The molecular formula is C11H11ClO3. The van der Waals surface area contributed by atoms with Crippen LogP contribution >= 0.6 is 11.6 Å². The van der Waals surface area contributed by atoms with Crippen molar-refractivity contribution in [1.82, 2.24) is 0 Å². The first kappa shape index (κ1) is 10.5. The molecule has 1 saturated carbocycles. The Morgan fingerprint density at radius 1 is 1.47 bits per heavy atom. The quantitative estimate of drug-likeness (QED) is 0.825. The van der Waals surface area contributed by atoms with Crippen LogP contribution in [0.25, 0.3) is 0 Å². The van der Waals surface area contributed by atoms with Crippen LogP contribution in [0.4, 0.5) is 0 Å². The summed E-state index contributed by atoms with van der Waals surface area (Å²) >= 11 is 5.74. The van der Waals surface area contributed by atoms with Gasteiger partial charge in [-0.2, -0.15) is 0 Å². The molecule has 0 aliphatic heterocycles. The fourth-order valence-corrected chi connectivity index (χ4v) is 2.16. The highest BCUT2D eigenvalue weighted by atomic mass is 35.5. The molecule has 2 N–H and O–H groups in total. The number of carboxylic acid groups (broad SMARTS) is 1. The SMILES string of the molecule is O=C(O)[C@]1(c2ccc(Cl)cc2)C[C@H]1CO. The van der Waals surface area contributed by atoms with Gasteiger partial charge in [-0.1, -0.05) is 23.7 Å². The summed E-state index contributed by atoms with van der Waals surface area (Å²) in [5.41, 5.74) is -0.169. The summed E-state index contributed by atoms with van der Waals surface area (Å²) in [5.74, 6) is -1.04. The number of aliphatic carboxylic acids is 1. The van der Waals surface area contributed by atoms with Crippen LogP contribution in [0.3, 0.4) is 0 Å². The van der Waals surface area contributed by atoms with Gasteiger partial charge >= 0.3 is 5.97 Å². The zero-order chi connectivity index (χ0) is 11.1. The summed E-state index contributed by atoms with van der Waals surface area (Å²) in [6.45, 7) is -0.0884. The second-order valence-electron chi connectivity index (χ2n) is 3.87. The van der Waals surface area contributed by atoms with Gasteiger partial charge in [-0.25, -0.2) is 0 Å². The summed E-state index contributed by atoms with van der Waals surface area (Å²) in [5, 5.41) is 18.8. The van der Waals surface area contributed by atoms with Crippen molar-refractivity contribution >= 4 is 17.6 Å². The van der Waals surface area contributed by atoms with Crippen LogP contribution in [0.5, 0.6) is 0 Å². The summed E-state index contributed by atoms with van der Waals surface area (Å²) in [6.07, 6.45) is 0.500. The highest BCUT2D eigenvalue weighted by Gasteiger charge is 2.61. The molecule has 1 aromatic rings. The number of rotatable bonds is 3. The van der Waals surface area contributed by atoms with Gasteiger partial charge in [-0.05, 0) is 24.1 Å². The number of hydrogen-bond donors (Lipinski definition) is 2. The number of aliphatic hydroxyl groups excluding tert-OH is 1. The van der Waals surface area contributed by atoms with E-state index in [1.54, 1.807) is 24.3 Å². The van der Waals surface area contributed by atoms with Crippen molar-refractivity contribution in [3.05, 3.63) is 34.9 Å². The molecular weight excluding hydrogens is 216 g/mol. The molecule has 1 aromatic carbocycles. The van der Waals surface area contributed by atoms with Crippen LogP contribution in [0.1, 0.15) is 12.0 Å². The number of halogens is 1. The molecule has 0 saturated heterocycles. The van der Waals surface area contributed by atoms with Crippen LogP contribution in [-0.4, -0.2) is 22.8 Å². The maximum Gasteiger partial charge on any atom is 0.314 e. The Hall–Kier alpha value is -1.06. The van der Waals surface area contributed by atoms with Crippen LogP contribution in [0.2, 0.25) is 5.02 Å². The minimum Gasteiger partial charge on any atom is -0.481 e. The van der Waals surface area contributed by atoms with Crippen molar-refractivity contribution in [2.75, 3.05) is 6.61 Å². The number of hydrogen-bond acceptors (Lipinski definition) is 2. The largest absolute Gasteiger partial charge is 0.481 e. The molecule has 3 nitrogen and oxygen atoms in total. The lowest BCUT2D eigenvalue weighted by molar-refractivity contribution is -0.140. The molecule has 0 unspecified atom stereocenters. The normalized spacial score (nSPS) is 28.8. The van der Waals surface area contributed by atoms with Gasteiger partial charge < -0.3 is 10.2 Å². The monoisotopic (exact) mass is 226 g/mol. The van der Waals surface area contributed by atoms with Crippen molar-refractivity contribution in [3.63, 3.8) is 0 Å². The van der Waals surface area contributed by atoms with Gasteiger partial charge in [0, 0.05) is 17.5 Å². The zero-order valence-electron chi connectivity index (χ0n) is 7.98. The topological polar surface area (TPSA) is 57.5 Å². The standard InChI is InChI=1S/C11H11ClO3/c12-9-3-1-7(2-4-9)11(10(14)15)5-8(11)6-13/h1-4,8,13H,5-6H2,(H,14,15)/t8-,11-/m0/s1. The second-order valence-corrected chi connectivity index (χ2v) is 4.30. The molecule has 0 aromatic heterocycles. The number of benzene rings is 1. The van der Waals surface area contributed by atoms with Gasteiger partial charge in [0.1, 0.15) is 0 Å². The van der Waals surface area contributed by atoms with E-state index in [9.17, 15) is 9.90 Å². The third-order valence-electron chi connectivity index (χ3n) is 3.07. The van der Waals surface area contributed by atoms with E-state index in [-0.39, 0.29) is 12.5 Å². The molecule has 0 heterocycles. The van der Waals surface area contributed by atoms with Crippen molar-refractivity contribution in [2.45, 2.75) is 11.8 Å². The van der Waals surface area contributed by atoms with Crippen molar-refractivity contribution in [2.24, 2.45) is 5.92 Å². The van der Waals surface area contributed by atoms with Crippen LogP contribution in [-0.2, 0) is 10.2 Å². The van der Waals surface area contributed by atoms with E-state index in [2.05, 4.69) is 0 Å². The Balaban J connectivity index is 2.36. The van der Waals surface area contributed by atoms with E-state index in [0.29, 0.717) is 11.4 Å². The highest BCUT2D eigenvalue weighted by molar-refractivity contribution is 6.30. The molecule has 1 aliphatic rings. The summed E-state index contributed by atoms with van der Waals surface area (Å²) < 4.78 is 0. The molecule has 1 fully saturated rings. The first-order chi connectivity index (χ1) is 7.11. The molecule has 80 valence electrons. The van der Waals surface area contributed by atoms with Gasteiger partial charge in [-0.3, -0.25) is 4.79 Å². The lowest BCUT2D eigenvalue weighted by atomic mass is 9.93. The molecule has 0 spiro atoms. The number of carbonyl (C=O) groups is 1. The van der Waals surface area contributed by atoms with Crippen LogP contribution in [0.15, 0.2) is 24.3 Å². The van der Waals surface area contributed by atoms with Gasteiger partial charge in [0.25, 0.3) is 0 Å². The summed E-state index contributed by atoms with van der Waals surface area (Å²) in [6, 6.07) is 6.78. The predicted molar refractivity (Wildman–Crippen MR) is 56.0 cm³/mol. The second kappa shape index (κ2) is 3.51. The molecule has 4 heteroatoms. The Morgan fingerprint density at radius 3 is 2.47 bits per heavy atom. The average molecular weight is 227 g/mol. The fourth-order valence-electron chi connectivity index (χ4n) is 2.04. The molecule has 2 rings (SSSR count). The van der Waals surface area contributed by atoms with Crippen molar-refractivity contribution in [1.29, 1.82) is 0 Å². The predicted octanol–water partition coefficient (Wildman–Crippen LogP) is 1.67. The minimum atomic E-state index is -0.890. The van der Waals surface area contributed by atoms with E-state index >= 15 is 0 Å². The molecule has 2 atom stereocenters. The maximum atomic E-state index is 11.2. The Morgan fingerprint density at radius 2 is 2.07 bits per heavy atom. The fraction of sp³-hybridized carbons (Fsp3) is 0.364. The lowest BCUT2D eigenvalue weighted by Crippen LogP contribution is -2.23. The van der Waals surface area contributed by atoms with E-state index in [1.165, 1.54) is 0 Å². The molecule has 1 aliphatic carbocycles. The van der Waals surface area contributed by atoms with Gasteiger partial charge in [0.15, 0.2) is 0 Å². The minimum absolute atomic E-state index is 0.0884.